The normalized spacial score (nSPS) is 12.8. The Bertz CT molecular complexity index is 1310. The lowest BCUT2D eigenvalue weighted by Gasteiger charge is -2.07. The Morgan fingerprint density at radius 1 is 1.21 bits per heavy atom. The summed E-state index contributed by atoms with van der Waals surface area (Å²) in [6.07, 6.45) is 6.80. The molecule has 0 spiro atoms. The number of benzene rings is 1. The second-order valence-corrected chi connectivity index (χ2v) is 10.2. The maximum Gasteiger partial charge on any atom is 0.259 e. The molecule has 1 amide bonds. The highest BCUT2D eigenvalue weighted by molar-refractivity contribution is 7.98. The van der Waals surface area contributed by atoms with E-state index in [4.69, 9.17) is 0 Å². The Hall–Kier alpha value is -2.98. The fraction of sp³-hybridized carbons (Fsp3) is 0.348. The minimum atomic E-state index is -0.0277. The molecule has 3 aromatic heterocycles. The molecular weight excluding hydrogens is 456 g/mol. The van der Waals surface area contributed by atoms with E-state index in [1.165, 1.54) is 16.8 Å². The van der Waals surface area contributed by atoms with Crippen molar-refractivity contribution in [1.29, 1.82) is 0 Å². The average molecular weight is 481 g/mol. The highest BCUT2D eigenvalue weighted by atomic mass is 32.2. The zero-order valence-corrected chi connectivity index (χ0v) is 19.7. The number of amides is 1. The van der Waals surface area contributed by atoms with Crippen LogP contribution in [0.5, 0.6) is 0 Å². The van der Waals surface area contributed by atoms with E-state index in [0.29, 0.717) is 36.8 Å². The molecule has 0 radical (unpaired) electrons. The minimum Gasteiger partial charge on any atom is -0.352 e. The lowest BCUT2D eigenvalue weighted by Crippen LogP contribution is -2.23. The number of aryl methyl sites for hydroxylation is 2. The first-order valence-corrected chi connectivity index (χ1v) is 12.9. The van der Waals surface area contributed by atoms with Crippen molar-refractivity contribution in [3.05, 3.63) is 74.7 Å². The fourth-order valence-corrected chi connectivity index (χ4v) is 6.09. The maximum atomic E-state index is 12.5. The predicted molar refractivity (Wildman–Crippen MR) is 130 cm³/mol. The van der Waals surface area contributed by atoms with Gasteiger partial charge in [-0.3, -0.25) is 9.59 Å². The predicted octanol–water partition coefficient (Wildman–Crippen LogP) is 3.05. The van der Waals surface area contributed by atoms with Crippen LogP contribution in [-0.2, 0) is 36.5 Å². The van der Waals surface area contributed by atoms with Crippen LogP contribution in [0.1, 0.15) is 40.2 Å². The van der Waals surface area contributed by atoms with Crippen LogP contribution in [0, 0.1) is 0 Å². The van der Waals surface area contributed by atoms with Gasteiger partial charge in [0.2, 0.25) is 5.91 Å². The number of rotatable bonds is 9. The summed E-state index contributed by atoms with van der Waals surface area (Å²) in [4.78, 5) is 38.4. The van der Waals surface area contributed by atoms with Crippen LogP contribution in [-0.4, -0.2) is 36.4 Å². The molecule has 0 bridgehead atoms. The van der Waals surface area contributed by atoms with Crippen LogP contribution in [0.25, 0.3) is 10.2 Å². The van der Waals surface area contributed by atoms with Crippen molar-refractivity contribution in [2.45, 2.75) is 44.5 Å². The van der Waals surface area contributed by atoms with Gasteiger partial charge in [0.05, 0.1) is 17.7 Å². The number of H-pyrrole nitrogens is 1. The van der Waals surface area contributed by atoms with Crippen LogP contribution < -0.4 is 10.9 Å². The summed E-state index contributed by atoms with van der Waals surface area (Å²) >= 11 is 3.26. The van der Waals surface area contributed by atoms with Crippen molar-refractivity contribution in [3.63, 3.8) is 0 Å². The number of aromatic amines is 1. The van der Waals surface area contributed by atoms with Gasteiger partial charge in [-0.15, -0.1) is 11.3 Å². The van der Waals surface area contributed by atoms with Crippen LogP contribution >= 0.6 is 23.1 Å². The number of hydrogen-bond acceptors (Lipinski definition) is 7. The minimum absolute atomic E-state index is 0.0146. The number of thiophene rings is 1. The van der Waals surface area contributed by atoms with E-state index in [9.17, 15) is 9.59 Å². The van der Waals surface area contributed by atoms with Gasteiger partial charge >= 0.3 is 0 Å². The van der Waals surface area contributed by atoms with Crippen molar-refractivity contribution in [2.75, 3.05) is 5.75 Å². The molecule has 1 aliphatic rings. The summed E-state index contributed by atoms with van der Waals surface area (Å²) in [5.74, 6) is 1.96. The molecule has 0 unspecified atom stereocenters. The van der Waals surface area contributed by atoms with Gasteiger partial charge in [0.1, 0.15) is 23.3 Å². The van der Waals surface area contributed by atoms with E-state index in [0.717, 1.165) is 40.6 Å². The third-order valence-electron chi connectivity index (χ3n) is 5.66. The third kappa shape index (κ3) is 5.17. The van der Waals surface area contributed by atoms with Crippen molar-refractivity contribution >= 4 is 39.2 Å². The molecule has 0 fully saturated rings. The number of hydrogen-bond donors (Lipinski definition) is 2. The zero-order chi connectivity index (χ0) is 22.6. The number of fused-ring (bicyclic) bond motifs is 3. The van der Waals surface area contributed by atoms with E-state index >= 15 is 0 Å². The van der Waals surface area contributed by atoms with Gasteiger partial charge in [0.15, 0.2) is 0 Å². The molecule has 8 nitrogen and oxygen atoms in total. The smallest absolute Gasteiger partial charge is 0.259 e. The lowest BCUT2D eigenvalue weighted by atomic mass is 10.1. The molecule has 4 aromatic rings. The van der Waals surface area contributed by atoms with Crippen molar-refractivity contribution < 1.29 is 4.79 Å². The summed E-state index contributed by atoms with van der Waals surface area (Å²) < 4.78 is 1.77. The molecule has 5 rings (SSSR count). The molecule has 2 N–H and O–H groups in total. The first-order valence-electron chi connectivity index (χ1n) is 10.9. The van der Waals surface area contributed by atoms with Gasteiger partial charge in [0.25, 0.3) is 5.56 Å². The van der Waals surface area contributed by atoms with E-state index in [1.807, 2.05) is 24.3 Å². The van der Waals surface area contributed by atoms with Crippen LogP contribution in [0.4, 0.5) is 0 Å². The van der Waals surface area contributed by atoms with Gasteiger partial charge in [-0.1, -0.05) is 24.3 Å². The quantitative estimate of drug-likeness (QED) is 0.357. The molecule has 0 saturated carbocycles. The van der Waals surface area contributed by atoms with Gasteiger partial charge in [-0.25, -0.2) is 14.6 Å². The molecular formula is C23H24N6O2S2. The molecule has 1 aliphatic carbocycles. The van der Waals surface area contributed by atoms with E-state index in [2.05, 4.69) is 25.4 Å². The molecule has 33 heavy (non-hydrogen) atoms. The number of carbonyl (C=O) groups excluding carboxylic acids is 1. The summed E-state index contributed by atoms with van der Waals surface area (Å²) in [5.41, 5.74) is 3.35. The van der Waals surface area contributed by atoms with E-state index < -0.39 is 0 Å². The number of carbonyl (C=O) groups is 1. The van der Waals surface area contributed by atoms with Gasteiger partial charge < -0.3 is 10.3 Å². The average Bonchev–Trinajstić information content (AvgIpc) is 3.54. The number of thioether (sulfide) groups is 1. The summed E-state index contributed by atoms with van der Waals surface area (Å²) in [5, 5.41) is 7.85. The fourth-order valence-electron chi connectivity index (χ4n) is 4.00. The highest BCUT2D eigenvalue weighted by Gasteiger charge is 2.21. The number of nitrogens with one attached hydrogen (secondary N) is 2. The van der Waals surface area contributed by atoms with E-state index in [-0.39, 0.29) is 11.5 Å². The monoisotopic (exact) mass is 480 g/mol. The lowest BCUT2D eigenvalue weighted by molar-refractivity contribution is -0.120. The Morgan fingerprint density at radius 3 is 2.88 bits per heavy atom. The first kappa shape index (κ1) is 21.8. The van der Waals surface area contributed by atoms with Crippen LogP contribution in [0.15, 0.2) is 41.7 Å². The highest BCUT2D eigenvalue weighted by Crippen LogP contribution is 2.34. The molecule has 3 heterocycles. The molecule has 170 valence electrons. The topological polar surface area (TPSA) is 106 Å². The van der Waals surface area contributed by atoms with Gasteiger partial charge in [0, 0.05) is 23.6 Å². The van der Waals surface area contributed by atoms with Crippen LogP contribution in [0.3, 0.4) is 0 Å². The first-order chi connectivity index (χ1) is 16.2. The van der Waals surface area contributed by atoms with Crippen molar-refractivity contribution in [3.8, 4) is 0 Å². The van der Waals surface area contributed by atoms with Gasteiger partial charge in [-0.05, 0) is 36.0 Å². The Morgan fingerprint density at radius 2 is 2.06 bits per heavy atom. The second-order valence-electron chi connectivity index (χ2n) is 8.04. The second kappa shape index (κ2) is 9.88. The zero-order valence-electron chi connectivity index (χ0n) is 18.0. The Kier molecular flexibility index (Phi) is 6.54. The summed E-state index contributed by atoms with van der Waals surface area (Å²) in [7, 11) is 0. The van der Waals surface area contributed by atoms with Gasteiger partial charge in [-0.2, -0.15) is 16.9 Å². The molecule has 0 aliphatic heterocycles. The third-order valence-corrected chi connectivity index (χ3v) is 7.82. The standard InChI is InChI=1S/C23H24N6O2S2/c30-20(25-10-15-4-6-16(7-5-15)11-29-14-24-13-26-29)8-9-32-12-19-27-22(31)21-17-2-1-3-18(17)33-23(21)28-19/h4-7,13-14H,1-3,8-12H2,(H,25,30)(H,27,28,31). The molecule has 0 atom stereocenters. The van der Waals surface area contributed by atoms with Crippen molar-refractivity contribution in [2.24, 2.45) is 0 Å². The van der Waals surface area contributed by atoms with Crippen LogP contribution in [0.2, 0.25) is 0 Å². The largest absolute Gasteiger partial charge is 0.352 e. The molecule has 10 heteroatoms. The Balaban J connectivity index is 1.05. The van der Waals surface area contributed by atoms with Crippen molar-refractivity contribution in [1.82, 2.24) is 30.0 Å². The Labute approximate surface area is 198 Å². The summed E-state index contributed by atoms with van der Waals surface area (Å²) in [6, 6.07) is 8.09. The maximum absolute atomic E-state index is 12.5. The van der Waals surface area contributed by atoms with E-state index in [1.54, 1.807) is 34.1 Å². The SMILES string of the molecule is O=C(CCSCc1nc2sc3c(c2c(=O)[nH]1)CCC3)NCc1ccc(Cn2cncn2)cc1. The molecule has 0 saturated heterocycles. The number of aromatic nitrogens is 5. The number of nitrogens with zero attached hydrogens (tertiary/aromatic N) is 4. The summed E-state index contributed by atoms with van der Waals surface area (Å²) in [6.45, 7) is 1.17. The molecule has 1 aromatic carbocycles.